The maximum absolute atomic E-state index is 11.9. The standard InChI is InChI=1S/C14H12BrNO3S2/c15-11-4-3-9(14(18)19)6-12(11)16-13(17)8-20-7-10-2-1-5-21-10/h1-6H,7-8H2,(H,16,17)(H,18,19). The summed E-state index contributed by atoms with van der Waals surface area (Å²) in [5.41, 5.74) is 0.608. The van der Waals surface area contributed by atoms with Crippen molar-refractivity contribution < 1.29 is 14.7 Å². The third-order valence-corrected chi connectivity index (χ3v) is 5.28. The van der Waals surface area contributed by atoms with Gasteiger partial charge in [0.25, 0.3) is 0 Å². The summed E-state index contributed by atoms with van der Waals surface area (Å²) in [6, 6.07) is 8.54. The van der Waals surface area contributed by atoms with E-state index in [2.05, 4.69) is 21.2 Å². The van der Waals surface area contributed by atoms with Gasteiger partial charge >= 0.3 is 5.97 Å². The van der Waals surface area contributed by atoms with Crippen molar-refractivity contribution in [2.24, 2.45) is 0 Å². The number of carbonyl (C=O) groups excluding carboxylic acids is 1. The lowest BCUT2D eigenvalue weighted by atomic mass is 10.2. The number of carbonyl (C=O) groups is 2. The van der Waals surface area contributed by atoms with E-state index in [4.69, 9.17) is 5.11 Å². The fourth-order valence-electron chi connectivity index (χ4n) is 1.58. The Kier molecular flexibility index (Phi) is 5.84. The van der Waals surface area contributed by atoms with Crippen LogP contribution in [0.2, 0.25) is 0 Å². The van der Waals surface area contributed by atoms with Crippen LogP contribution in [0.1, 0.15) is 15.2 Å². The molecule has 0 aliphatic heterocycles. The predicted molar refractivity (Wildman–Crippen MR) is 90.2 cm³/mol. The zero-order chi connectivity index (χ0) is 15.2. The smallest absolute Gasteiger partial charge is 0.335 e. The van der Waals surface area contributed by atoms with E-state index in [1.54, 1.807) is 17.4 Å². The molecule has 1 heterocycles. The number of carboxylic acid groups (broad SMARTS) is 1. The first-order valence-corrected chi connectivity index (χ1v) is 8.82. The van der Waals surface area contributed by atoms with Crippen LogP contribution in [0.25, 0.3) is 0 Å². The Hall–Kier alpha value is -1.31. The van der Waals surface area contributed by atoms with Crippen molar-refractivity contribution in [3.05, 3.63) is 50.6 Å². The molecule has 1 aromatic carbocycles. The number of hydrogen-bond donors (Lipinski definition) is 2. The molecular formula is C14H12BrNO3S2. The zero-order valence-electron chi connectivity index (χ0n) is 10.8. The average molecular weight is 386 g/mol. The Morgan fingerprint density at radius 2 is 2.14 bits per heavy atom. The van der Waals surface area contributed by atoms with Gasteiger partial charge in [0, 0.05) is 15.1 Å². The molecule has 7 heteroatoms. The summed E-state index contributed by atoms with van der Waals surface area (Å²) in [6.07, 6.45) is 0. The lowest BCUT2D eigenvalue weighted by Gasteiger charge is -2.08. The van der Waals surface area contributed by atoms with Crippen molar-refractivity contribution in [1.29, 1.82) is 0 Å². The molecule has 0 aliphatic rings. The molecule has 0 bridgehead atoms. The minimum absolute atomic E-state index is 0.139. The van der Waals surface area contributed by atoms with E-state index in [-0.39, 0.29) is 11.5 Å². The van der Waals surface area contributed by atoms with Crippen molar-refractivity contribution in [3.63, 3.8) is 0 Å². The molecule has 0 saturated carbocycles. The van der Waals surface area contributed by atoms with Gasteiger partial charge in [0.1, 0.15) is 0 Å². The van der Waals surface area contributed by atoms with Gasteiger partial charge < -0.3 is 10.4 Å². The number of rotatable bonds is 6. The average Bonchev–Trinajstić information content (AvgIpc) is 2.94. The topological polar surface area (TPSA) is 66.4 Å². The Labute approximate surface area is 138 Å². The number of halogens is 1. The van der Waals surface area contributed by atoms with E-state index >= 15 is 0 Å². The van der Waals surface area contributed by atoms with Gasteiger partial charge in [-0.3, -0.25) is 4.79 Å². The van der Waals surface area contributed by atoms with Crippen molar-refractivity contribution >= 4 is 56.6 Å². The second-order valence-electron chi connectivity index (χ2n) is 4.12. The Morgan fingerprint density at radius 3 is 2.81 bits per heavy atom. The first kappa shape index (κ1) is 16.1. The highest BCUT2D eigenvalue weighted by atomic mass is 79.9. The van der Waals surface area contributed by atoms with Crippen LogP contribution >= 0.6 is 39.0 Å². The SMILES string of the molecule is O=C(CSCc1cccs1)Nc1cc(C(=O)O)ccc1Br. The molecule has 2 N–H and O–H groups in total. The highest BCUT2D eigenvalue weighted by molar-refractivity contribution is 9.10. The fraction of sp³-hybridized carbons (Fsp3) is 0.143. The van der Waals surface area contributed by atoms with Crippen molar-refractivity contribution in [2.75, 3.05) is 11.1 Å². The van der Waals surface area contributed by atoms with Crippen LogP contribution in [0.3, 0.4) is 0 Å². The molecular weight excluding hydrogens is 374 g/mol. The predicted octanol–water partition coefficient (Wildman–Crippen LogP) is 4.08. The highest BCUT2D eigenvalue weighted by Crippen LogP contribution is 2.24. The summed E-state index contributed by atoms with van der Waals surface area (Å²) in [5, 5.41) is 13.7. The molecule has 0 unspecified atom stereocenters. The van der Waals surface area contributed by atoms with E-state index in [1.807, 2.05) is 17.5 Å². The summed E-state index contributed by atoms with van der Waals surface area (Å²) < 4.78 is 0.657. The number of aromatic carboxylic acids is 1. The third kappa shape index (κ3) is 4.87. The number of amides is 1. The van der Waals surface area contributed by atoms with Crippen LogP contribution in [0.4, 0.5) is 5.69 Å². The molecule has 1 amide bonds. The monoisotopic (exact) mass is 385 g/mol. The molecule has 0 atom stereocenters. The number of nitrogens with one attached hydrogen (secondary N) is 1. The van der Waals surface area contributed by atoms with Gasteiger partial charge in [0.2, 0.25) is 5.91 Å². The van der Waals surface area contributed by atoms with E-state index in [0.717, 1.165) is 5.75 Å². The van der Waals surface area contributed by atoms with E-state index in [9.17, 15) is 9.59 Å². The van der Waals surface area contributed by atoms with Gasteiger partial charge in [0.05, 0.1) is 17.0 Å². The number of carboxylic acids is 1. The van der Waals surface area contributed by atoms with Crippen LogP contribution in [0.5, 0.6) is 0 Å². The van der Waals surface area contributed by atoms with Crippen LogP contribution < -0.4 is 5.32 Å². The summed E-state index contributed by atoms with van der Waals surface area (Å²) >= 11 is 6.48. The summed E-state index contributed by atoms with van der Waals surface area (Å²) in [4.78, 5) is 24.0. The van der Waals surface area contributed by atoms with E-state index < -0.39 is 5.97 Å². The molecule has 0 fully saturated rings. The summed E-state index contributed by atoms with van der Waals surface area (Å²) in [7, 11) is 0. The number of anilines is 1. The fourth-order valence-corrected chi connectivity index (χ4v) is 3.59. The number of hydrogen-bond acceptors (Lipinski definition) is 4. The van der Waals surface area contributed by atoms with Crippen molar-refractivity contribution in [2.45, 2.75) is 5.75 Å². The largest absolute Gasteiger partial charge is 0.478 e. The molecule has 1 aromatic heterocycles. The normalized spacial score (nSPS) is 10.3. The van der Waals surface area contributed by atoms with E-state index in [0.29, 0.717) is 15.9 Å². The number of benzene rings is 1. The molecule has 21 heavy (non-hydrogen) atoms. The first-order valence-electron chi connectivity index (χ1n) is 5.99. The zero-order valence-corrected chi connectivity index (χ0v) is 14.1. The number of thioether (sulfide) groups is 1. The minimum atomic E-state index is -1.02. The highest BCUT2D eigenvalue weighted by Gasteiger charge is 2.10. The maximum atomic E-state index is 11.9. The summed E-state index contributed by atoms with van der Waals surface area (Å²) in [5.74, 6) is -0.0619. The second-order valence-corrected chi connectivity index (χ2v) is 6.99. The van der Waals surface area contributed by atoms with Crippen LogP contribution in [0, 0.1) is 0 Å². The minimum Gasteiger partial charge on any atom is -0.478 e. The summed E-state index contributed by atoms with van der Waals surface area (Å²) in [6.45, 7) is 0. The van der Waals surface area contributed by atoms with Gasteiger partial charge in [-0.25, -0.2) is 4.79 Å². The number of thiophene rings is 1. The van der Waals surface area contributed by atoms with Gasteiger partial charge in [-0.15, -0.1) is 23.1 Å². The molecule has 110 valence electrons. The molecule has 0 aliphatic carbocycles. The van der Waals surface area contributed by atoms with E-state index in [1.165, 1.54) is 28.8 Å². The lowest BCUT2D eigenvalue weighted by molar-refractivity contribution is -0.113. The van der Waals surface area contributed by atoms with Gasteiger partial charge in [0.15, 0.2) is 0 Å². The molecule has 0 saturated heterocycles. The van der Waals surface area contributed by atoms with Crippen LogP contribution in [0.15, 0.2) is 40.2 Å². The lowest BCUT2D eigenvalue weighted by Crippen LogP contribution is -2.15. The van der Waals surface area contributed by atoms with Crippen LogP contribution in [-0.4, -0.2) is 22.7 Å². The van der Waals surface area contributed by atoms with Crippen molar-refractivity contribution in [1.82, 2.24) is 0 Å². The van der Waals surface area contributed by atoms with Gasteiger partial charge in [-0.05, 0) is 45.6 Å². The maximum Gasteiger partial charge on any atom is 0.335 e. The molecule has 0 radical (unpaired) electrons. The Morgan fingerprint density at radius 1 is 1.33 bits per heavy atom. The first-order chi connectivity index (χ1) is 10.1. The molecule has 0 spiro atoms. The molecule has 2 aromatic rings. The van der Waals surface area contributed by atoms with Crippen LogP contribution in [-0.2, 0) is 10.5 Å². The second kappa shape index (κ2) is 7.63. The Balaban J connectivity index is 1.90. The molecule has 4 nitrogen and oxygen atoms in total. The molecule has 2 rings (SSSR count). The Bertz CT molecular complexity index is 644. The van der Waals surface area contributed by atoms with Gasteiger partial charge in [-0.1, -0.05) is 6.07 Å². The van der Waals surface area contributed by atoms with Crippen molar-refractivity contribution in [3.8, 4) is 0 Å². The van der Waals surface area contributed by atoms with Gasteiger partial charge in [-0.2, -0.15) is 0 Å². The quantitative estimate of drug-likeness (QED) is 0.785. The third-order valence-electron chi connectivity index (χ3n) is 2.54.